The molecule has 0 bridgehead atoms. The fourth-order valence-electron chi connectivity index (χ4n) is 1.76. The van der Waals surface area contributed by atoms with Crippen LogP contribution in [0.1, 0.15) is 23.0 Å². The van der Waals surface area contributed by atoms with Gasteiger partial charge >= 0.3 is 0 Å². The van der Waals surface area contributed by atoms with Gasteiger partial charge in [-0.25, -0.2) is 0 Å². The van der Waals surface area contributed by atoms with Crippen LogP contribution in [0, 0.1) is 0 Å². The topological polar surface area (TPSA) is 97.8 Å². The molecular formula is C13H14N4O. The molecule has 5 nitrogen and oxygen atoms in total. The van der Waals surface area contributed by atoms with Crippen molar-refractivity contribution in [2.75, 3.05) is 0 Å². The second kappa shape index (κ2) is 4.37. The van der Waals surface area contributed by atoms with Gasteiger partial charge < -0.3 is 11.5 Å². The second-order valence-corrected chi connectivity index (χ2v) is 4.11. The normalized spacial score (nSPS) is 11.7. The van der Waals surface area contributed by atoms with Crippen LogP contribution >= 0.6 is 0 Å². The van der Waals surface area contributed by atoms with Gasteiger partial charge in [-0.1, -0.05) is 6.58 Å². The molecule has 2 rings (SSSR count). The number of primary amides is 1. The Hall–Kier alpha value is -2.56. The van der Waals surface area contributed by atoms with Crippen LogP contribution in [0.2, 0.25) is 0 Å². The average molecular weight is 242 g/mol. The number of hydrogen-bond donors (Lipinski definition) is 3. The summed E-state index contributed by atoms with van der Waals surface area (Å²) in [5, 5.41) is 7.85. The average Bonchev–Trinajstić information content (AvgIpc) is 2.70. The van der Waals surface area contributed by atoms with E-state index in [1.54, 1.807) is 31.2 Å². The molecule has 0 unspecified atom stereocenters. The third-order valence-electron chi connectivity index (χ3n) is 2.55. The third kappa shape index (κ3) is 2.10. The van der Waals surface area contributed by atoms with Crippen molar-refractivity contribution in [1.29, 1.82) is 0 Å². The van der Waals surface area contributed by atoms with Crippen molar-refractivity contribution in [2.24, 2.45) is 11.5 Å². The summed E-state index contributed by atoms with van der Waals surface area (Å²) in [6, 6.07) is 5.11. The number of hydrogen-bond acceptors (Lipinski definition) is 3. The lowest BCUT2D eigenvalue weighted by Crippen LogP contribution is -2.10. The minimum absolute atomic E-state index is 0.436. The molecule has 0 fully saturated rings. The third-order valence-corrected chi connectivity index (χ3v) is 2.55. The fraction of sp³-hybridized carbons (Fsp3) is 0.0769. The molecule has 0 radical (unpaired) electrons. The van der Waals surface area contributed by atoms with E-state index in [1.165, 1.54) is 0 Å². The lowest BCUT2D eigenvalue weighted by Gasteiger charge is -1.99. The van der Waals surface area contributed by atoms with Crippen LogP contribution in [0.5, 0.6) is 0 Å². The smallest absolute Gasteiger partial charge is 0.248 e. The molecule has 0 aliphatic rings. The summed E-state index contributed by atoms with van der Waals surface area (Å²) in [5.74, 6) is -0.472. The highest BCUT2D eigenvalue weighted by atomic mass is 16.1. The number of nitrogens with two attached hydrogens (primary N) is 2. The highest BCUT2D eigenvalue weighted by Gasteiger charge is 2.10. The molecule has 1 aromatic carbocycles. The second-order valence-electron chi connectivity index (χ2n) is 4.11. The minimum Gasteiger partial charge on any atom is -0.402 e. The maximum Gasteiger partial charge on any atom is 0.248 e. The molecule has 0 aliphatic heterocycles. The number of H-pyrrole nitrogens is 1. The Morgan fingerprint density at radius 2 is 2.17 bits per heavy atom. The lowest BCUT2D eigenvalue weighted by atomic mass is 10.1. The molecule has 5 N–H and O–H groups in total. The van der Waals surface area contributed by atoms with Crippen LogP contribution in [0.25, 0.3) is 16.5 Å². The Balaban J connectivity index is 2.58. The lowest BCUT2D eigenvalue weighted by molar-refractivity contribution is 0.100. The van der Waals surface area contributed by atoms with Crippen LogP contribution in [-0.2, 0) is 0 Å². The summed E-state index contributed by atoms with van der Waals surface area (Å²) >= 11 is 0. The Kier molecular flexibility index (Phi) is 2.89. The molecule has 92 valence electrons. The molecule has 0 saturated carbocycles. The van der Waals surface area contributed by atoms with Crippen LogP contribution in [0.15, 0.2) is 36.6 Å². The number of aromatic amines is 1. The quantitative estimate of drug-likeness (QED) is 0.712. The van der Waals surface area contributed by atoms with Gasteiger partial charge in [-0.3, -0.25) is 9.89 Å². The van der Waals surface area contributed by atoms with Crippen LogP contribution < -0.4 is 11.5 Å². The van der Waals surface area contributed by atoms with Crippen molar-refractivity contribution < 1.29 is 4.79 Å². The Bertz CT molecular complexity index is 663. The SMILES string of the molecule is C=C(/C=C(\C)N)c1n[nH]c2ccc(C(N)=O)cc12. The van der Waals surface area contributed by atoms with E-state index in [0.717, 1.165) is 10.9 Å². The first-order chi connectivity index (χ1) is 8.49. The van der Waals surface area contributed by atoms with E-state index >= 15 is 0 Å². The van der Waals surface area contributed by atoms with Gasteiger partial charge in [0.2, 0.25) is 5.91 Å². The molecule has 1 amide bonds. The predicted molar refractivity (Wildman–Crippen MR) is 71.6 cm³/mol. The first-order valence-corrected chi connectivity index (χ1v) is 5.40. The predicted octanol–water partition coefficient (Wildman–Crippen LogP) is 1.54. The van der Waals surface area contributed by atoms with Gasteiger partial charge in [-0.2, -0.15) is 5.10 Å². The highest BCUT2D eigenvalue weighted by molar-refractivity contribution is 6.00. The Morgan fingerprint density at radius 1 is 1.44 bits per heavy atom. The van der Waals surface area contributed by atoms with Crippen molar-refractivity contribution >= 4 is 22.4 Å². The molecule has 0 aliphatic carbocycles. The van der Waals surface area contributed by atoms with Crippen molar-refractivity contribution in [2.45, 2.75) is 6.92 Å². The van der Waals surface area contributed by atoms with Crippen molar-refractivity contribution in [3.05, 3.63) is 47.8 Å². The molecule has 2 aromatic rings. The van der Waals surface area contributed by atoms with E-state index in [-0.39, 0.29) is 0 Å². The summed E-state index contributed by atoms with van der Waals surface area (Å²) in [5.41, 5.74) is 14.1. The standard InChI is InChI=1S/C13H14N4O/c1-7(5-8(2)14)12-10-6-9(13(15)18)3-4-11(10)16-17-12/h3-6H,1,14H2,2H3,(H2,15,18)(H,16,17)/b8-5+. The maximum absolute atomic E-state index is 11.2. The highest BCUT2D eigenvalue weighted by Crippen LogP contribution is 2.23. The molecule has 1 aromatic heterocycles. The number of allylic oxidation sites excluding steroid dienone is 3. The fourth-order valence-corrected chi connectivity index (χ4v) is 1.76. The van der Waals surface area contributed by atoms with Gasteiger partial charge in [0.25, 0.3) is 0 Å². The zero-order chi connectivity index (χ0) is 13.3. The number of carbonyl (C=O) groups is 1. The number of nitrogens with one attached hydrogen (secondary N) is 1. The van der Waals surface area contributed by atoms with E-state index in [4.69, 9.17) is 11.5 Å². The number of nitrogens with zero attached hydrogens (tertiary/aromatic N) is 1. The first-order valence-electron chi connectivity index (χ1n) is 5.40. The summed E-state index contributed by atoms with van der Waals surface area (Å²) in [7, 11) is 0. The minimum atomic E-state index is -0.472. The summed E-state index contributed by atoms with van der Waals surface area (Å²) in [4.78, 5) is 11.2. The van der Waals surface area contributed by atoms with Crippen molar-refractivity contribution in [3.63, 3.8) is 0 Å². The monoisotopic (exact) mass is 242 g/mol. The van der Waals surface area contributed by atoms with E-state index in [2.05, 4.69) is 16.8 Å². The number of amides is 1. The molecule has 0 spiro atoms. The van der Waals surface area contributed by atoms with Crippen molar-refractivity contribution in [3.8, 4) is 0 Å². The Labute approximate surface area is 104 Å². The summed E-state index contributed by atoms with van der Waals surface area (Å²) in [6.07, 6.45) is 1.73. The van der Waals surface area contributed by atoms with E-state index in [0.29, 0.717) is 22.5 Å². The van der Waals surface area contributed by atoms with Crippen molar-refractivity contribution in [1.82, 2.24) is 10.2 Å². The molecular weight excluding hydrogens is 228 g/mol. The van der Waals surface area contributed by atoms with Gasteiger partial charge in [0.05, 0.1) is 11.2 Å². The molecule has 5 heteroatoms. The molecule has 1 heterocycles. The first kappa shape index (κ1) is 11.9. The maximum atomic E-state index is 11.2. The Morgan fingerprint density at radius 3 is 2.78 bits per heavy atom. The van der Waals surface area contributed by atoms with Crippen LogP contribution in [0.4, 0.5) is 0 Å². The largest absolute Gasteiger partial charge is 0.402 e. The molecule has 0 atom stereocenters. The van der Waals surface area contributed by atoms with Crippen LogP contribution in [-0.4, -0.2) is 16.1 Å². The zero-order valence-electron chi connectivity index (χ0n) is 10.0. The molecule has 0 saturated heterocycles. The van der Waals surface area contributed by atoms with Gasteiger partial charge in [-0.15, -0.1) is 0 Å². The van der Waals surface area contributed by atoms with Crippen LogP contribution in [0.3, 0.4) is 0 Å². The number of carbonyl (C=O) groups excluding carboxylic acids is 1. The molecule has 18 heavy (non-hydrogen) atoms. The number of fused-ring (bicyclic) bond motifs is 1. The van der Waals surface area contributed by atoms with Gasteiger partial charge in [0, 0.05) is 16.6 Å². The number of aromatic nitrogens is 2. The number of benzene rings is 1. The van der Waals surface area contributed by atoms with E-state index in [9.17, 15) is 4.79 Å². The van der Waals surface area contributed by atoms with E-state index in [1.807, 2.05) is 0 Å². The summed E-state index contributed by atoms with van der Waals surface area (Å²) < 4.78 is 0. The number of rotatable bonds is 3. The van der Waals surface area contributed by atoms with E-state index < -0.39 is 5.91 Å². The zero-order valence-corrected chi connectivity index (χ0v) is 10.0. The van der Waals surface area contributed by atoms with Gasteiger partial charge in [0.15, 0.2) is 0 Å². The van der Waals surface area contributed by atoms with Gasteiger partial charge in [-0.05, 0) is 36.8 Å². The summed E-state index contributed by atoms with van der Waals surface area (Å²) in [6.45, 7) is 5.68. The van der Waals surface area contributed by atoms with Gasteiger partial charge in [0.1, 0.15) is 0 Å².